The van der Waals surface area contributed by atoms with Crippen LogP contribution in [0.2, 0.25) is 0 Å². The van der Waals surface area contributed by atoms with Crippen LogP contribution in [0.4, 0.5) is 5.69 Å². The summed E-state index contributed by atoms with van der Waals surface area (Å²) >= 11 is 0. The van der Waals surface area contributed by atoms with Crippen molar-refractivity contribution in [3.05, 3.63) is 29.8 Å². The van der Waals surface area contributed by atoms with Crippen LogP contribution in [0.25, 0.3) is 0 Å². The summed E-state index contributed by atoms with van der Waals surface area (Å²) in [6.07, 6.45) is 6.06. The van der Waals surface area contributed by atoms with Crippen LogP contribution in [0.3, 0.4) is 0 Å². The van der Waals surface area contributed by atoms with Gasteiger partial charge in [-0.15, -0.1) is 0 Å². The third kappa shape index (κ3) is 4.06. The van der Waals surface area contributed by atoms with E-state index in [9.17, 15) is 4.79 Å². The molecule has 104 valence electrons. The lowest BCUT2D eigenvalue weighted by Crippen LogP contribution is -2.36. The predicted octanol–water partition coefficient (Wildman–Crippen LogP) is 3.06. The molecule has 1 aliphatic rings. The largest absolute Gasteiger partial charge is 0.325 e. The summed E-state index contributed by atoms with van der Waals surface area (Å²) in [5, 5.41) is 2.99. The average Bonchev–Trinajstić information content (AvgIpc) is 2.92. The Bertz CT molecular complexity index is 425. The molecule has 3 nitrogen and oxygen atoms in total. The maximum atomic E-state index is 12.0. The van der Waals surface area contributed by atoms with Crippen LogP contribution < -0.4 is 5.32 Å². The van der Waals surface area contributed by atoms with E-state index in [1.165, 1.54) is 31.2 Å². The molecule has 0 aromatic heterocycles. The van der Waals surface area contributed by atoms with Crippen LogP contribution >= 0.6 is 0 Å². The van der Waals surface area contributed by atoms with Crippen molar-refractivity contribution < 1.29 is 4.79 Å². The van der Waals surface area contributed by atoms with Crippen molar-refractivity contribution in [2.45, 2.75) is 45.1 Å². The fourth-order valence-corrected chi connectivity index (χ4v) is 2.77. The molecule has 1 aromatic carbocycles. The molecule has 1 aliphatic carbocycles. The molecule has 1 fully saturated rings. The van der Waals surface area contributed by atoms with Gasteiger partial charge < -0.3 is 5.32 Å². The zero-order chi connectivity index (χ0) is 13.7. The lowest BCUT2D eigenvalue weighted by molar-refractivity contribution is -0.117. The van der Waals surface area contributed by atoms with Crippen LogP contribution in [0.1, 0.15) is 38.2 Å². The van der Waals surface area contributed by atoms with Gasteiger partial charge in [0, 0.05) is 11.7 Å². The Morgan fingerprint density at radius 3 is 2.79 bits per heavy atom. The maximum Gasteiger partial charge on any atom is 0.238 e. The highest BCUT2D eigenvalue weighted by molar-refractivity contribution is 5.92. The Kier molecular flexibility index (Phi) is 4.97. The minimum absolute atomic E-state index is 0.0858. The molecular weight excluding hydrogens is 236 g/mol. The number of aryl methyl sites for hydroxylation is 1. The molecule has 2 rings (SSSR count). The summed E-state index contributed by atoms with van der Waals surface area (Å²) in [7, 11) is 2.05. The highest BCUT2D eigenvalue weighted by Crippen LogP contribution is 2.22. The van der Waals surface area contributed by atoms with Crippen molar-refractivity contribution >= 4 is 11.6 Å². The van der Waals surface area contributed by atoms with Crippen molar-refractivity contribution in [2.75, 3.05) is 18.9 Å². The first-order valence-corrected chi connectivity index (χ1v) is 7.28. The van der Waals surface area contributed by atoms with Crippen molar-refractivity contribution in [1.29, 1.82) is 0 Å². The Balaban J connectivity index is 1.86. The van der Waals surface area contributed by atoms with Gasteiger partial charge in [0.25, 0.3) is 0 Å². The molecule has 1 aromatic rings. The van der Waals surface area contributed by atoms with Crippen LogP contribution in [-0.4, -0.2) is 30.4 Å². The predicted molar refractivity (Wildman–Crippen MR) is 79.3 cm³/mol. The number of carbonyl (C=O) groups excluding carboxylic acids is 1. The third-order valence-corrected chi connectivity index (χ3v) is 3.96. The zero-order valence-electron chi connectivity index (χ0n) is 12.0. The second-order valence-electron chi connectivity index (χ2n) is 5.46. The monoisotopic (exact) mass is 260 g/mol. The zero-order valence-corrected chi connectivity index (χ0v) is 12.0. The topological polar surface area (TPSA) is 32.3 Å². The second-order valence-corrected chi connectivity index (χ2v) is 5.46. The van der Waals surface area contributed by atoms with Gasteiger partial charge in [-0.05, 0) is 44.0 Å². The number of hydrogen-bond acceptors (Lipinski definition) is 2. The van der Waals surface area contributed by atoms with Gasteiger partial charge in [0.15, 0.2) is 0 Å². The molecule has 3 heteroatoms. The van der Waals surface area contributed by atoms with Crippen molar-refractivity contribution in [2.24, 2.45) is 0 Å². The van der Waals surface area contributed by atoms with E-state index in [1.807, 2.05) is 18.2 Å². The Hall–Kier alpha value is -1.35. The van der Waals surface area contributed by atoms with Gasteiger partial charge >= 0.3 is 0 Å². The number of rotatable bonds is 5. The van der Waals surface area contributed by atoms with E-state index in [0.717, 1.165) is 12.1 Å². The molecule has 19 heavy (non-hydrogen) atoms. The van der Waals surface area contributed by atoms with Crippen molar-refractivity contribution in [3.63, 3.8) is 0 Å². The van der Waals surface area contributed by atoms with Gasteiger partial charge in [-0.3, -0.25) is 9.69 Å². The molecule has 1 amide bonds. The SMILES string of the molecule is CCc1cccc(NC(=O)CN(C)C2CCCC2)c1. The first-order chi connectivity index (χ1) is 9.19. The molecule has 0 saturated heterocycles. The number of nitrogens with zero attached hydrogens (tertiary/aromatic N) is 1. The van der Waals surface area contributed by atoms with Crippen LogP contribution in [0.15, 0.2) is 24.3 Å². The third-order valence-electron chi connectivity index (χ3n) is 3.96. The van der Waals surface area contributed by atoms with E-state index in [2.05, 4.69) is 30.3 Å². The van der Waals surface area contributed by atoms with Gasteiger partial charge in [0.2, 0.25) is 5.91 Å². The van der Waals surface area contributed by atoms with E-state index >= 15 is 0 Å². The summed E-state index contributed by atoms with van der Waals surface area (Å²) in [5.74, 6) is 0.0858. The summed E-state index contributed by atoms with van der Waals surface area (Å²) in [6, 6.07) is 8.67. The van der Waals surface area contributed by atoms with E-state index in [4.69, 9.17) is 0 Å². The van der Waals surface area contributed by atoms with Gasteiger partial charge in [-0.1, -0.05) is 31.9 Å². The van der Waals surface area contributed by atoms with Crippen LogP contribution in [0, 0.1) is 0 Å². The van der Waals surface area contributed by atoms with E-state index < -0.39 is 0 Å². The molecule has 0 spiro atoms. The molecule has 0 atom stereocenters. The van der Waals surface area contributed by atoms with E-state index in [1.54, 1.807) is 0 Å². The van der Waals surface area contributed by atoms with Gasteiger partial charge in [0.1, 0.15) is 0 Å². The Morgan fingerprint density at radius 1 is 1.37 bits per heavy atom. The number of nitrogens with one attached hydrogen (secondary N) is 1. The summed E-state index contributed by atoms with van der Waals surface area (Å²) in [4.78, 5) is 14.2. The maximum absolute atomic E-state index is 12.0. The molecule has 0 aliphatic heterocycles. The lowest BCUT2D eigenvalue weighted by atomic mass is 10.1. The number of hydrogen-bond donors (Lipinski definition) is 1. The first kappa shape index (κ1) is 14.1. The first-order valence-electron chi connectivity index (χ1n) is 7.28. The van der Waals surface area contributed by atoms with E-state index in [-0.39, 0.29) is 5.91 Å². The standard InChI is InChI=1S/C16H24N2O/c1-3-13-7-6-8-14(11-13)17-16(19)12-18(2)15-9-4-5-10-15/h6-8,11,15H,3-5,9-10,12H2,1-2H3,(H,17,19). The van der Waals surface area contributed by atoms with Crippen molar-refractivity contribution in [3.8, 4) is 0 Å². The number of likely N-dealkylation sites (N-methyl/N-ethyl adjacent to an activating group) is 1. The highest BCUT2D eigenvalue weighted by atomic mass is 16.2. The lowest BCUT2D eigenvalue weighted by Gasteiger charge is -2.23. The van der Waals surface area contributed by atoms with Crippen molar-refractivity contribution in [1.82, 2.24) is 4.90 Å². The number of benzene rings is 1. The highest BCUT2D eigenvalue weighted by Gasteiger charge is 2.21. The molecule has 1 N–H and O–H groups in total. The molecule has 0 bridgehead atoms. The van der Waals surface area contributed by atoms with Crippen LogP contribution in [0.5, 0.6) is 0 Å². The average molecular weight is 260 g/mol. The second kappa shape index (κ2) is 6.71. The minimum Gasteiger partial charge on any atom is -0.325 e. The molecular formula is C16H24N2O. The fourth-order valence-electron chi connectivity index (χ4n) is 2.77. The fraction of sp³-hybridized carbons (Fsp3) is 0.562. The molecule has 0 unspecified atom stereocenters. The van der Waals surface area contributed by atoms with Gasteiger partial charge in [0.05, 0.1) is 6.54 Å². The summed E-state index contributed by atoms with van der Waals surface area (Å²) in [6.45, 7) is 2.61. The summed E-state index contributed by atoms with van der Waals surface area (Å²) < 4.78 is 0. The quantitative estimate of drug-likeness (QED) is 0.882. The number of anilines is 1. The molecule has 0 heterocycles. The summed E-state index contributed by atoms with van der Waals surface area (Å²) in [5.41, 5.74) is 2.16. The van der Waals surface area contributed by atoms with Gasteiger partial charge in [-0.25, -0.2) is 0 Å². The number of carbonyl (C=O) groups is 1. The number of amides is 1. The normalized spacial score (nSPS) is 15.9. The van der Waals surface area contributed by atoms with Crippen LogP contribution in [-0.2, 0) is 11.2 Å². The molecule has 0 radical (unpaired) electrons. The van der Waals surface area contributed by atoms with E-state index in [0.29, 0.717) is 12.6 Å². The Labute approximate surface area is 116 Å². The van der Waals surface area contributed by atoms with Gasteiger partial charge in [-0.2, -0.15) is 0 Å². The minimum atomic E-state index is 0.0858. The Morgan fingerprint density at radius 2 is 2.11 bits per heavy atom. The smallest absolute Gasteiger partial charge is 0.238 e. The molecule has 1 saturated carbocycles.